The number of nitrogens with one attached hydrogen (secondary N) is 1. The second-order valence-electron chi connectivity index (χ2n) is 6.72. The van der Waals surface area contributed by atoms with Crippen molar-refractivity contribution in [2.75, 3.05) is 5.32 Å². The lowest BCUT2D eigenvalue weighted by atomic mass is 10.1. The van der Waals surface area contributed by atoms with Gasteiger partial charge in [0.2, 0.25) is 5.91 Å². The van der Waals surface area contributed by atoms with Crippen LogP contribution in [0.4, 0.5) is 5.69 Å². The van der Waals surface area contributed by atoms with Crippen LogP contribution in [-0.4, -0.2) is 30.9 Å². The second kappa shape index (κ2) is 9.01. The number of aromatic nitrogens is 4. The number of hydrogen-bond acceptors (Lipinski definition) is 5. The van der Waals surface area contributed by atoms with Gasteiger partial charge in [0, 0.05) is 30.2 Å². The van der Waals surface area contributed by atoms with Crippen LogP contribution in [0.3, 0.4) is 0 Å². The molecule has 0 bridgehead atoms. The number of para-hydroxylation sites is 1. The number of benzene rings is 1. The van der Waals surface area contributed by atoms with Crippen molar-refractivity contribution in [3.05, 3.63) is 53.9 Å². The molecule has 3 rings (SSSR count). The minimum absolute atomic E-state index is 0.0450. The molecule has 6 nitrogen and oxygen atoms in total. The first-order valence-electron chi connectivity index (χ1n) is 9.38. The maximum absolute atomic E-state index is 12.8. The molecule has 0 unspecified atom stereocenters. The van der Waals surface area contributed by atoms with E-state index in [0.717, 1.165) is 46.3 Å². The Labute approximate surface area is 169 Å². The lowest BCUT2D eigenvalue weighted by molar-refractivity contribution is -0.115. The number of amides is 1. The Morgan fingerprint density at radius 2 is 1.93 bits per heavy atom. The first kappa shape index (κ1) is 20.1. The monoisotopic (exact) mass is 395 g/mol. The summed E-state index contributed by atoms with van der Waals surface area (Å²) in [4.78, 5) is 16.9. The van der Waals surface area contributed by atoms with E-state index in [-0.39, 0.29) is 11.2 Å². The molecule has 28 heavy (non-hydrogen) atoms. The second-order valence-corrected chi connectivity index (χ2v) is 8.02. The maximum atomic E-state index is 12.8. The molecule has 0 saturated carbocycles. The van der Waals surface area contributed by atoms with E-state index >= 15 is 0 Å². The number of pyridine rings is 1. The van der Waals surface area contributed by atoms with Gasteiger partial charge in [-0.05, 0) is 50.5 Å². The van der Waals surface area contributed by atoms with Gasteiger partial charge in [-0.3, -0.25) is 9.78 Å². The smallest absolute Gasteiger partial charge is 0.237 e. The summed E-state index contributed by atoms with van der Waals surface area (Å²) in [7, 11) is 0. The summed E-state index contributed by atoms with van der Waals surface area (Å²) < 4.78 is 2.06. The van der Waals surface area contributed by atoms with Gasteiger partial charge in [0.1, 0.15) is 0 Å². The molecular weight excluding hydrogens is 370 g/mol. The average molecular weight is 396 g/mol. The summed E-state index contributed by atoms with van der Waals surface area (Å²) in [6.45, 7) is 8.78. The fraction of sp³-hybridized carbons (Fsp3) is 0.333. The number of rotatable bonds is 7. The molecule has 146 valence electrons. The highest BCUT2D eigenvalue weighted by Gasteiger charge is 2.21. The van der Waals surface area contributed by atoms with Crippen molar-refractivity contribution >= 4 is 23.4 Å². The normalized spacial score (nSPS) is 12.0. The van der Waals surface area contributed by atoms with Gasteiger partial charge in [-0.25, -0.2) is 0 Å². The summed E-state index contributed by atoms with van der Waals surface area (Å²) in [5.41, 5.74) is 3.91. The lowest BCUT2D eigenvalue weighted by Gasteiger charge is -2.16. The summed E-state index contributed by atoms with van der Waals surface area (Å²) in [6, 6.07) is 9.84. The highest BCUT2D eigenvalue weighted by molar-refractivity contribution is 8.00. The Morgan fingerprint density at radius 3 is 2.57 bits per heavy atom. The van der Waals surface area contributed by atoms with Crippen LogP contribution in [0.5, 0.6) is 0 Å². The average Bonchev–Trinajstić information content (AvgIpc) is 3.08. The summed E-state index contributed by atoms with van der Waals surface area (Å²) in [6.07, 6.45) is 4.46. The van der Waals surface area contributed by atoms with Gasteiger partial charge in [0.25, 0.3) is 0 Å². The van der Waals surface area contributed by atoms with Crippen LogP contribution in [0.25, 0.3) is 11.4 Å². The predicted octanol–water partition coefficient (Wildman–Crippen LogP) is 4.49. The SMILES string of the molecule is CCCn1c(S[C@H](C)C(=O)Nc2c(C)cccc2C)nnc1-c1cccnc1. The van der Waals surface area contributed by atoms with Crippen molar-refractivity contribution in [3.63, 3.8) is 0 Å². The van der Waals surface area contributed by atoms with Crippen LogP contribution in [0.1, 0.15) is 31.4 Å². The van der Waals surface area contributed by atoms with Crippen molar-refractivity contribution in [2.45, 2.75) is 51.1 Å². The van der Waals surface area contributed by atoms with Gasteiger partial charge in [-0.15, -0.1) is 10.2 Å². The summed E-state index contributed by atoms with van der Waals surface area (Å²) in [5, 5.41) is 12.2. The van der Waals surface area contributed by atoms with E-state index in [4.69, 9.17) is 0 Å². The topological polar surface area (TPSA) is 72.7 Å². The van der Waals surface area contributed by atoms with Crippen molar-refractivity contribution in [1.29, 1.82) is 0 Å². The van der Waals surface area contributed by atoms with E-state index in [2.05, 4.69) is 32.0 Å². The van der Waals surface area contributed by atoms with Gasteiger partial charge >= 0.3 is 0 Å². The van der Waals surface area contributed by atoms with Crippen molar-refractivity contribution in [1.82, 2.24) is 19.7 Å². The largest absolute Gasteiger partial charge is 0.325 e. The number of anilines is 1. The molecule has 3 aromatic rings. The quantitative estimate of drug-likeness (QED) is 0.597. The molecule has 1 atom stereocenters. The van der Waals surface area contributed by atoms with Crippen LogP contribution in [0, 0.1) is 13.8 Å². The van der Waals surface area contributed by atoms with Crippen LogP contribution in [0.15, 0.2) is 47.9 Å². The van der Waals surface area contributed by atoms with Crippen LogP contribution in [-0.2, 0) is 11.3 Å². The summed E-state index contributed by atoms with van der Waals surface area (Å²) in [5.74, 6) is 0.733. The third kappa shape index (κ3) is 4.42. The first-order valence-corrected chi connectivity index (χ1v) is 10.3. The lowest BCUT2D eigenvalue weighted by Crippen LogP contribution is -2.24. The van der Waals surface area contributed by atoms with Gasteiger partial charge < -0.3 is 9.88 Å². The first-order chi connectivity index (χ1) is 13.5. The standard InChI is InChI=1S/C21H25N5OS/c1-5-12-26-19(17-10-7-11-22-13-17)24-25-21(26)28-16(4)20(27)23-18-14(2)8-6-9-15(18)3/h6-11,13,16H,5,12H2,1-4H3,(H,23,27)/t16-/m1/s1. The van der Waals surface area contributed by atoms with Crippen LogP contribution in [0.2, 0.25) is 0 Å². The van der Waals surface area contributed by atoms with Crippen molar-refractivity contribution in [3.8, 4) is 11.4 Å². The molecule has 0 saturated heterocycles. The minimum Gasteiger partial charge on any atom is -0.325 e. The van der Waals surface area contributed by atoms with Crippen LogP contribution >= 0.6 is 11.8 Å². The summed E-state index contributed by atoms with van der Waals surface area (Å²) >= 11 is 1.42. The number of carbonyl (C=O) groups is 1. The molecule has 1 aromatic carbocycles. The fourth-order valence-corrected chi connectivity index (χ4v) is 3.83. The van der Waals surface area contributed by atoms with Crippen molar-refractivity contribution in [2.24, 2.45) is 0 Å². The number of carbonyl (C=O) groups excluding carboxylic acids is 1. The van der Waals surface area contributed by atoms with E-state index < -0.39 is 0 Å². The van der Waals surface area contributed by atoms with E-state index in [1.807, 2.05) is 51.1 Å². The highest BCUT2D eigenvalue weighted by Crippen LogP contribution is 2.28. The Balaban J connectivity index is 1.79. The number of nitrogens with zero attached hydrogens (tertiary/aromatic N) is 4. The molecule has 0 aliphatic rings. The van der Waals surface area contributed by atoms with Crippen molar-refractivity contribution < 1.29 is 4.79 Å². The number of thioether (sulfide) groups is 1. The van der Waals surface area contributed by atoms with E-state index in [0.29, 0.717) is 0 Å². The van der Waals surface area contributed by atoms with Crippen LogP contribution < -0.4 is 5.32 Å². The Kier molecular flexibility index (Phi) is 6.46. The van der Waals surface area contributed by atoms with Gasteiger partial charge in [0.15, 0.2) is 11.0 Å². The molecule has 0 radical (unpaired) electrons. The van der Waals surface area contributed by atoms with Gasteiger partial charge in [0.05, 0.1) is 5.25 Å². The molecule has 0 spiro atoms. The molecule has 1 N–H and O–H groups in total. The van der Waals surface area contributed by atoms with E-state index in [1.54, 1.807) is 12.4 Å². The third-order valence-corrected chi connectivity index (χ3v) is 5.55. The molecule has 7 heteroatoms. The molecule has 0 aliphatic heterocycles. The molecular formula is C21H25N5OS. The Hall–Kier alpha value is -2.67. The van der Waals surface area contributed by atoms with E-state index in [9.17, 15) is 4.79 Å². The predicted molar refractivity (Wildman–Crippen MR) is 113 cm³/mol. The maximum Gasteiger partial charge on any atom is 0.237 e. The molecule has 1 amide bonds. The Bertz CT molecular complexity index is 934. The molecule has 2 heterocycles. The number of hydrogen-bond donors (Lipinski definition) is 1. The molecule has 0 aliphatic carbocycles. The molecule has 2 aromatic heterocycles. The zero-order chi connectivity index (χ0) is 20.1. The van der Waals surface area contributed by atoms with Gasteiger partial charge in [-0.2, -0.15) is 0 Å². The Morgan fingerprint density at radius 1 is 1.18 bits per heavy atom. The molecule has 0 fully saturated rings. The van der Waals surface area contributed by atoms with Gasteiger partial charge in [-0.1, -0.05) is 36.9 Å². The van der Waals surface area contributed by atoms with E-state index in [1.165, 1.54) is 11.8 Å². The third-order valence-electron chi connectivity index (χ3n) is 4.46. The fourth-order valence-electron chi connectivity index (χ4n) is 2.96. The number of aryl methyl sites for hydroxylation is 2. The minimum atomic E-state index is -0.305. The zero-order valence-electron chi connectivity index (χ0n) is 16.6. The zero-order valence-corrected chi connectivity index (χ0v) is 17.5. The highest BCUT2D eigenvalue weighted by atomic mass is 32.2.